The average molecular weight is 332 g/mol. The van der Waals surface area contributed by atoms with Crippen molar-refractivity contribution in [2.45, 2.75) is 31.5 Å². The lowest BCUT2D eigenvalue weighted by Gasteiger charge is -2.23. The second-order valence-corrected chi connectivity index (χ2v) is 5.44. The molecule has 1 aliphatic heterocycles. The van der Waals surface area contributed by atoms with Gasteiger partial charge < -0.3 is 20.5 Å². The molecule has 1 heterocycles. The van der Waals surface area contributed by atoms with Crippen LogP contribution in [0.25, 0.3) is 0 Å². The number of rotatable bonds is 5. The van der Waals surface area contributed by atoms with Gasteiger partial charge in [-0.25, -0.2) is 0 Å². The van der Waals surface area contributed by atoms with E-state index < -0.39 is 18.7 Å². The summed E-state index contributed by atoms with van der Waals surface area (Å²) < 4.78 is 41.4. The number of phenolic OH excluding ortho intramolecular Hbond substituents is 1. The molecule has 1 aliphatic rings. The Balaban J connectivity index is 2.00. The molecular formula is C15H19F3N2O3. The van der Waals surface area contributed by atoms with Crippen LogP contribution in [0.15, 0.2) is 18.2 Å². The van der Waals surface area contributed by atoms with E-state index in [-0.39, 0.29) is 23.1 Å². The summed E-state index contributed by atoms with van der Waals surface area (Å²) in [5, 5.41) is 15.4. The Morgan fingerprint density at radius 2 is 2.17 bits per heavy atom. The van der Waals surface area contributed by atoms with Gasteiger partial charge >= 0.3 is 6.18 Å². The van der Waals surface area contributed by atoms with E-state index in [2.05, 4.69) is 15.4 Å². The Kier molecular flexibility index (Phi) is 5.70. The molecule has 1 aromatic carbocycles. The number of ether oxygens (including phenoxy) is 1. The van der Waals surface area contributed by atoms with Gasteiger partial charge in [-0.3, -0.25) is 4.79 Å². The number of benzene rings is 1. The zero-order valence-corrected chi connectivity index (χ0v) is 12.4. The minimum atomic E-state index is -4.50. The van der Waals surface area contributed by atoms with Crippen LogP contribution in [0.4, 0.5) is 13.2 Å². The highest BCUT2D eigenvalue weighted by molar-refractivity contribution is 5.97. The van der Waals surface area contributed by atoms with Crippen LogP contribution < -0.4 is 15.4 Å². The molecule has 0 spiro atoms. The Hall–Kier alpha value is -1.96. The standard InChI is InChI=1S/C15H19F3N2O3/c16-15(17,18)9-23-13-5-4-11(21)7-12(13)14(22)20-8-10-3-1-2-6-19-10/h4-5,7,10,19,21H,1-3,6,8-9H2,(H,20,22)/t10-/m0/s1. The van der Waals surface area contributed by atoms with E-state index in [1.54, 1.807) is 0 Å². The monoisotopic (exact) mass is 332 g/mol. The van der Waals surface area contributed by atoms with Gasteiger partial charge in [-0.15, -0.1) is 0 Å². The van der Waals surface area contributed by atoms with Gasteiger partial charge in [0.25, 0.3) is 5.91 Å². The van der Waals surface area contributed by atoms with E-state index in [1.165, 1.54) is 6.07 Å². The highest BCUT2D eigenvalue weighted by atomic mass is 19.4. The number of amides is 1. The molecule has 1 fully saturated rings. The molecule has 0 aromatic heterocycles. The summed E-state index contributed by atoms with van der Waals surface area (Å²) >= 11 is 0. The third kappa shape index (κ3) is 5.63. The van der Waals surface area contributed by atoms with Crippen LogP contribution in [0.1, 0.15) is 29.6 Å². The number of hydrogen-bond donors (Lipinski definition) is 3. The quantitative estimate of drug-likeness (QED) is 0.773. The van der Waals surface area contributed by atoms with Crippen LogP contribution in [-0.2, 0) is 0 Å². The third-order valence-corrected chi connectivity index (χ3v) is 3.52. The Bertz CT molecular complexity index is 543. The molecular weight excluding hydrogens is 313 g/mol. The maximum absolute atomic E-state index is 12.3. The van der Waals surface area contributed by atoms with Gasteiger partial charge in [0, 0.05) is 12.6 Å². The summed E-state index contributed by atoms with van der Waals surface area (Å²) in [6, 6.07) is 3.56. The van der Waals surface area contributed by atoms with E-state index in [0.29, 0.717) is 6.54 Å². The molecule has 0 aliphatic carbocycles. The smallest absolute Gasteiger partial charge is 0.422 e. The zero-order valence-electron chi connectivity index (χ0n) is 12.4. The minimum Gasteiger partial charge on any atom is -0.508 e. The summed E-state index contributed by atoms with van der Waals surface area (Å²) in [7, 11) is 0. The third-order valence-electron chi connectivity index (χ3n) is 3.52. The Morgan fingerprint density at radius 3 is 2.83 bits per heavy atom. The summed E-state index contributed by atoms with van der Waals surface area (Å²) in [5.74, 6) is -1.01. The molecule has 23 heavy (non-hydrogen) atoms. The first-order valence-corrected chi connectivity index (χ1v) is 7.39. The fraction of sp³-hybridized carbons (Fsp3) is 0.533. The van der Waals surface area contributed by atoms with Crippen molar-refractivity contribution in [2.24, 2.45) is 0 Å². The molecule has 1 aromatic rings. The molecule has 1 atom stereocenters. The SMILES string of the molecule is O=C(NC[C@@H]1CCCCN1)c1cc(O)ccc1OCC(F)(F)F. The van der Waals surface area contributed by atoms with Gasteiger partial charge in [-0.05, 0) is 37.6 Å². The average Bonchev–Trinajstić information content (AvgIpc) is 2.51. The highest BCUT2D eigenvalue weighted by Crippen LogP contribution is 2.26. The number of carbonyl (C=O) groups is 1. The molecule has 1 saturated heterocycles. The number of carbonyl (C=O) groups excluding carboxylic acids is 1. The lowest BCUT2D eigenvalue weighted by atomic mass is 10.0. The topological polar surface area (TPSA) is 70.6 Å². The van der Waals surface area contributed by atoms with Gasteiger partial charge in [0.05, 0.1) is 5.56 Å². The van der Waals surface area contributed by atoms with E-state index in [9.17, 15) is 23.1 Å². The summed E-state index contributed by atoms with van der Waals surface area (Å²) in [6.07, 6.45) is -1.42. The van der Waals surface area contributed by atoms with E-state index in [1.807, 2.05) is 0 Å². The number of alkyl halides is 3. The molecule has 0 unspecified atom stereocenters. The second-order valence-electron chi connectivity index (χ2n) is 5.44. The fourth-order valence-corrected chi connectivity index (χ4v) is 2.39. The van der Waals surface area contributed by atoms with Crippen molar-refractivity contribution >= 4 is 5.91 Å². The van der Waals surface area contributed by atoms with Crippen molar-refractivity contribution in [1.82, 2.24) is 10.6 Å². The largest absolute Gasteiger partial charge is 0.508 e. The molecule has 2 rings (SSSR count). The molecule has 3 N–H and O–H groups in total. The molecule has 1 amide bonds. The first kappa shape index (κ1) is 17.4. The summed E-state index contributed by atoms with van der Waals surface area (Å²) in [5.41, 5.74) is -0.120. The van der Waals surface area contributed by atoms with Crippen LogP contribution in [0, 0.1) is 0 Å². The van der Waals surface area contributed by atoms with Crippen LogP contribution in [0.5, 0.6) is 11.5 Å². The number of hydrogen-bond acceptors (Lipinski definition) is 4. The number of halogens is 3. The van der Waals surface area contributed by atoms with Crippen LogP contribution in [0.2, 0.25) is 0 Å². The van der Waals surface area contributed by atoms with Gasteiger partial charge in [0.1, 0.15) is 11.5 Å². The predicted molar refractivity (Wildman–Crippen MR) is 77.6 cm³/mol. The zero-order chi connectivity index (χ0) is 16.9. The van der Waals surface area contributed by atoms with Crippen molar-refractivity contribution in [2.75, 3.05) is 19.7 Å². The lowest BCUT2D eigenvalue weighted by Crippen LogP contribution is -2.43. The van der Waals surface area contributed by atoms with Crippen molar-refractivity contribution in [1.29, 1.82) is 0 Å². The van der Waals surface area contributed by atoms with Crippen LogP contribution >= 0.6 is 0 Å². The van der Waals surface area contributed by atoms with Crippen molar-refractivity contribution < 1.29 is 27.8 Å². The first-order valence-electron chi connectivity index (χ1n) is 7.39. The summed E-state index contributed by atoms with van der Waals surface area (Å²) in [4.78, 5) is 12.2. The van der Waals surface area contributed by atoms with E-state index in [0.717, 1.165) is 37.9 Å². The maximum Gasteiger partial charge on any atom is 0.422 e. The number of nitrogens with one attached hydrogen (secondary N) is 2. The molecule has 5 nitrogen and oxygen atoms in total. The number of piperidine rings is 1. The molecule has 8 heteroatoms. The van der Waals surface area contributed by atoms with Crippen molar-refractivity contribution in [3.8, 4) is 11.5 Å². The van der Waals surface area contributed by atoms with Gasteiger partial charge in [-0.2, -0.15) is 13.2 Å². The van der Waals surface area contributed by atoms with E-state index >= 15 is 0 Å². The lowest BCUT2D eigenvalue weighted by molar-refractivity contribution is -0.153. The summed E-state index contributed by atoms with van der Waals surface area (Å²) in [6.45, 7) is -0.248. The van der Waals surface area contributed by atoms with Gasteiger partial charge in [-0.1, -0.05) is 6.42 Å². The molecule has 0 saturated carbocycles. The normalized spacial score (nSPS) is 18.5. The number of aromatic hydroxyl groups is 1. The van der Waals surface area contributed by atoms with Gasteiger partial charge in [0.2, 0.25) is 0 Å². The minimum absolute atomic E-state index is 0.120. The van der Waals surface area contributed by atoms with Gasteiger partial charge in [0.15, 0.2) is 6.61 Å². The second kappa shape index (κ2) is 7.54. The van der Waals surface area contributed by atoms with Crippen molar-refractivity contribution in [3.63, 3.8) is 0 Å². The predicted octanol–water partition coefficient (Wildman–Crippen LogP) is 2.21. The van der Waals surface area contributed by atoms with Crippen LogP contribution in [0.3, 0.4) is 0 Å². The van der Waals surface area contributed by atoms with Crippen LogP contribution in [-0.4, -0.2) is 42.9 Å². The molecule has 0 radical (unpaired) electrons. The Morgan fingerprint density at radius 1 is 1.39 bits per heavy atom. The van der Waals surface area contributed by atoms with Crippen molar-refractivity contribution in [3.05, 3.63) is 23.8 Å². The maximum atomic E-state index is 12.3. The van der Waals surface area contributed by atoms with E-state index in [4.69, 9.17) is 0 Å². The highest BCUT2D eigenvalue weighted by Gasteiger charge is 2.29. The fourth-order valence-electron chi connectivity index (χ4n) is 2.39. The number of phenols is 1. The molecule has 128 valence electrons. The first-order chi connectivity index (χ1) is 10.8. The Labute approximate surface area is 131 Å². The molecule has 0 bridgehead atoms.